The summed E-state index contributed by atoms with van der Waals surface area (Å²) in [6, 6.07) is 16.1. The fraction of sp³-hybridized carbons (Fsp3) is 0.136. The molecule has 0 unspecified atom stereocenters. The highest BCUT2D eigenvalue weighted by Crippen LogP contribution is 2.24. The highest BCUT2D eigenvalue weighted by molar-refractivity contribution is 6.30. The summed E-state index contributed by atoms with van der Waals surface area (Å²) in [5.74, 6) is -0.625. The number of carbonyl (C=O) groups is 2. The van der Waals surface area contributed by atoms with E-state index in [0.717, 1.165) is 0 Å². The van der Waals surface area contributed by atoms with Crippen LogP contribution >= 0.6 is 11.6 Å². The summed E-state index contributed by atoms with van der Waals surface area (Å²) >= 11 is 5.85. The van der Waals surface area contributed by atoms with Gasteiger partial charge in [0.15, 0.2) is 0 Å². The highest BCUT2D eigenvalue weighted by atomic mass is 35.5. The van der Waals surface area contributed by atoms with Crippen molar-refractivity contribution in [2.24, 2.45) is 0 Å². The summed E-state index contributed by atoms with van der Waals surface area (Å²) in [5, 5.41) is 5.73. The Morgan fingerprint density at radius 2 is 1.77 bits per heavy atom. The van der Waals surface area contributed by atoms with Gasteiger partial charge in [-0.1, -0.05) is 29.8 Å². The van der Waals surface area contributed by atoms with Gasteiger partial charge in [0.2, 0.25) is 11.8 Å². The van der Waals surface area contributed by atoms with Crippen LogP contribution in [0.4, 0.5) is 4.39 Å². The molecule has 0 aliphatic heterocycles. The molecule has 0 aliphatic carbocycles. The fourth-order valence-electron chi connectivity index (χ4n) is 2.62. The lowest BCUT2D eigenvalue weighted by Crippen LogP contribution is -2.37. The van der Waals surface area contributed by atoms with Crippen molar-refractivity contribution < 1.29 is 18.7 Å². The van der Waals surface area contributed by atoms with Crippen molar-refractivity contribution in [1.82, 2.24) is 15.6 Å². The fourth-order valence-corrected chi connectivity index (χ4v) is 2.74. The third-order valence-corrected chi connectivity index (χ3v) is 4.38. The van der Waals surface area contributed by atoms with Crippen LogP contribution in [0.5, 0.6) is 11.6 Å². The molecule has 2 aromatic carbocycles. The van der Waals surface area contributed by atoms with Crippen LogP contribution in [-0.2, 0) is 11.2 Å². The number of hydrogen-bond donors (Lipinski definition) is 2. The van der Waals surface area contributed by atoms with Crippen molar-refractivity contribution in [2.45, 2.75) is 6.42 Å². The number of pyridine rings is 1. The average molecular weight is 428 g/mol. The quantitative estimate of drug-likeness (QED) is 0.573. The van der Waals surface area contributed by atoms with Crippen LogP contribution in [0.2, 0.25) is 5.02 Å². The predicted octanol–water partition coefficient (Wildman–Crippen LogP) is 3.76. The van der Waals surface area contributed by atoms with E-state index in [2.05, 4.69) is 15.6 Å². The summed E-state index contributed by atoms with van der Waals surface area (Å²) in [7, 11) is 0. The second-order valence-electron chi connectivity index (χ2n) is 6.29. The normalized spacial score (nSPS) is 10.3. The Labute approximate surface area is 178 Å². The van der Waals surface area contributed by atoms with Crippen molar-refractivity contribution in [3.63, 3.8) is 0 Å². The van der Waals surface area contributed by atoms with E-state index in [4.69, 9.17) is 16.3 Å². The number of benzene rings is 2. The summed E-state index contributed by atoms with van der Waals surface area (Å²) < 4.78 is 19.2. The summed E-state index contributed by atoms with van der Waals surface area (Å²) in [6.07, 6.45) is 1.85. The van der Waals surface area contributed by atoms with Gasteiger partial charge in [0.25, 0.3) is 5.91 Å². The third-order valence-electron chi connectivity index (χ3n) is 4.13. The predicted molar refractivity (Wildman–Crippen MR) is 111 cm³/mol. The molecule has 0 spiro atoms. The molecule has 30 heavy (non-hydrogen) atoms. The summed E-state index contributed by atoms with van der Waals surface area (Å²) in [4.78, 5) is 28.5. The Kier molecular flexibility index (Phi) is 7.34. The molecular formula is C22H19ClFN3O3. The number of ether oxygens (including phenoxy) is 1. The van der Waals surface area contributed by atoms with Gasteiger partial charge in [0.1, 0.15) is 17.1 Å². The number of rotatable bonds is 8. The molecule has 8 heteroatoms. The van der Waals surface area contributed by atoms with Gasteiger partial charge in [-0.3, -0.25) is 9.59 Å². The molecule has 0 saturated heterocycles. The molecule has 0 radical (unpaired) electrons. The molecule has 0 fully saturated rings. The van der Waals surface area contributed by atoms with Gasteiger partial charge in [-0.05, 0) is 54.4 Å². The SMILES string of the molecule is O=C(CNC(=O)c1cccnc1Oc1ccc(Cl)cc1)NCCc1ccccc1F. The molecule has 0 atom stereocenters. The maximum atomic E-state index is 13.6. The third kappa shape index (κ3) is 6.02. The first-order valence-electron chi connectivity index (χ1n) is 9.19. The van der Waals surface area contributed by atoms with E-state index in [1.165, 1.54) is 12.3 Å². The molecule has 1 heterocycles. The van der Waals surface area contributed by atoms with Crippen molar-refractivity contribution in [3.8, 4) is 11.6 Å². The highest BCUT2D eigenvalue weighted by Gasteiger charge is 2.15. The second kappa shape index (κ2) is 10.4. The maximum absolute atomic E-state index is 13.6. The number of carbonyl (C=O) groups excluding carboxylic acids is 2. The minimum Gasteiger partial charge on any atom is -0.438 e. The molecule has 0 saturated carbocycles. The van der Waals surface area contributed by atoms with Gasteiger partial charge in [0, 0.05) is 17.8 Å². The number of nitrogens with one attached hydrogen (secondary N) is 2. The van der Waals surface area contributed by atoms with Gasteiger partial charge in [-0.15, -0.1) is 0 Å². The number of halogens is 2. The zero-order chi connectivity index (χ0) is 21.3. The Morgan fingerprint density at radius 3 is 2.53 bits per heavy atom. The first-order chi connectivity index (χ1) is 14.5. The molecular weight excluding hydrogens is 409 g/mol. The van der Waals surface area contributed by atoms with E-state index < -0.39 is 5.91 Å². The van der Waals surface area contributed by atoms with Crippen LogP contribution in [-0.4, -0.2) is 29.9 Å². The van der Waals surface area contributed by atoms with Gasteiger partial charge in [-0.2, -0.15) is 0 Å². The molecule has 3 rings (SSSR count). The van der Waals surface area contributed by atoms with Crippen LogP contribution in [0, 0.1) is 5.82 Å². The molecule has 3 aromatic rings. The van der Waals surface area contributed by atoms with Crippen molar-refractivity contribution in [2.75, 3.05) is 13.1 Å². The minimum atomic E-state index is -0.503. The van der Waals surface area contributed by atoms with Gasteiger partial charge in [-0.25, -0.2) is 9.37 Å². The Bertz CT molecular complexity index is 1030. The van der Waals surface area contributed by atoms with E-state index in [9.17, 15) is 14.0 Å². The van der Waals surface area contributed by atoms with E-state index >= 15 is 0 Å². The maximum Gasteiger partial charge on any atom is 0.257 e. The van der Waals surface area contributed by atoms with Crippen LogP contribution in [0.3, 0.4) is 0 Å². The van der Waals surface area contributed by atoms with Crippen LogP contribution in [0.25, 0.3) is 0 Å². The monoisotopic (exact) mass is 427 g/mol. The van der Waals surface area contributed by atoms with Crippen LogP contribution in [0.1, 0.15) is 15.9 Å². The lowest BCUT2D eigenvalue weighted by Gasteiger charge is -2.11. The Balaban J connectivity index is 1.51. The van der Waals surface area contributed by atoms with E-state index in [-0.39, 0.29) is 36.3 Å². The number of amides is 2. The number of aromatic nitrogens is 1. The summed E-state index contributed by atoms with van der Waals surface area (Å²) in [5.41, 5.74) is 0.702. The second-order valence-corrected chi connectivity index (χ2v) is 6.72. The lowest BCUT2D eigenvalue weighted by atomic mass is 10.1. The molecule has 0 bridgehead atoms. The van der Waals surface area contributed by atoms with E-state index in [1.54, 1.807) is 54.6 Å². The standard InChI is InChI=1S/C22H19ClFN3O3/c23-16-7-9-17(10-8-16)30-22-18(5-3-12-26-22)21(29)27-14-20(28)25-13-11-15-4-1-2-6-19(15)24/h1-10,12H,11,13-14H2,(H,25,28)(H,27,29). The molecule has 1 aromatic heterocycles. The molecule has 0 aliphatic rings. The van der Waals surface area contributed by atoms with Crippen molar-refractivity contribution in [3.05, 3.63) is 88.8 Å². The first kappa shape index (κ1) is 21.3. The zero-order valence-corrected chi connectivity index (χ0v) is 16.7. The zero-order valence-electron chi connectivity index (χ0n) is 15.9. The summed E-state index contributed by atoms with van der Waals surface area (Å²) in [6.45, 7) is 0.0266. The Hall–Kier alpha value is -3.45. The largest absolute Gasteiger partial charge is 0.438 e. The molecule has 154 valence electrons. The van der Waals surface area contributed by atoms with E-state index in [1.807, 2.05) is 0 Å². The average Bonchev–Trinajstić information content (AvgIpc) is 2.75. The van der Waals surface area contributed by atoms with Crippen molar-refractivity contribution in [1.29, 1.82) is 0 Å². The van der Waals surface area contributed by atoms with Gasteiger partial charge < -0.3 is 15.4 Å². The minimum absolute atomic E-state index is 0.109. The number of nitrogens with zero attached hydrogens (tertiary/aromatic N) is 1. The smallest absolute Gasteiger partial charge is 0.257 e. The molecule has 2 amide bonds. The van der Waals surface area contributed by atoms with Gasteiger partial charge in [0.05, 0.1) is 6.54 Å². The number of hydrogen-bond acceptors (Lipinski definition) is 4. The van der Waals surface area contributed by atoms with Gasteiger partial charge >= 0.3 is 0 Å². The lowest BCUT2D eigenvalue weighted by molar-refractivity contribution is -0.120. The molecule has 6 nitrogen and oxygen atoms in total. The first-order valence-corrected chi connectivity index (χ1v) is 9.57. The topological polar surface area (TPSA) is 80.3 Å². The van der Waals surface area contributed by atoms with E-state index in [0.29, 0.717) is 22.8 Å². The Morgan fingerprint density at radius 1 is 1.00 bits per heavy atom. The van der Waals surface area contributed by atoms with Crippen LogP contribution in [0.15, 0.2) is 66.9 Å². The molecule has 2 N–H and O–H groups in total. The van der Waals surface area contributed by atoms with Crippen LogP contribution < -0.4 is 15.4 Å². The van der Waals surface area contributed by atoms with Crippen molar-refractivity contribution >= 4 is 23.4 Å².